The third-order valence-electron chi connectivity index (χ3n) is 4.64. The van der Waals surface area contributed by atoms with E-state index in [2.05, 4.69) is 0 Å². The summed E-state index contributed by atoms with van der Waals surface area (Å²) in [5.74, 6) is 1.15. The predicted molar refractivity (Wildman–Crippen MR) is 97.6 cm³/mol. The van der Waals surface area contributed by atoms with E-state index >= 15 is 0 Å². The van der Waals surface area contributed by atoms with Crippen LogP contribution in [0.2, 0.25) is 0 Å². The van der Waals surface area contributed by atoms with E-state index in [0.29, 0.717) is 55.4 Å². The summed E-state index contributed by atoms with van der Waals surface area (Å²) in [5, 5.41) is 0. The fraction of sp³-hybridized carbons (Fsp3) is 0.400. The molecule has 1 aromatic carbocycles. The van der Waals surface area contributed by atoms with Crippen molar-refractivity contribution in [2.75, 3.05) is 32.8 Å². The van der Waals surface area contributed by atoms with Gasteiger partial charge < -0.3 is 19.0 Å². The number of furan rings is 1. The van der Waals surface area contributed by atoms with Gasteiger partial charge in [-0.25, -0.2) is 0 Å². The van der Waals surface area contributed by atoms with Gasteiger partial charge in [0.25, 0.3) is 11.8 Å². The van der Waals surface area contributed by atoms with Crippen molar-refractivity contribution >= 4 is 11.8 Å². The van der Waals surface area contributed by atoms with Gasteiger partial charge in [0.1, 0.15) is 11.5 Å². The SMILES string of the molecule is CCOc1ccccc1C(=O)N1CCN(C(=O)c2c(C)coc2C)CC1. The van der Waals surface area contributed by atoms with Gasteiger partial charge in [0.05, 0.1) is 24.0 Å². The molecule has 6 nitrogen and oxygen atoms in total. The summed E-state index contributed by atoms with van der Waals surface area (Å²) in [4.78, 5) is 29.1. The Kier molecular flexibility index (Phi) is 5.30. The van der Waals surface area contributed by atoms with E-state index in [9.17, 15) is 9.59 Å². The van der Waals surface area contributed by atoms with Gasteiger partial charge in [-0.15, -0.1) is 0 Å². The molecular weight excluding hydrogens is 332 g/mol. The molecule has 138 valence electrons. The Hall–Kier alpha value is -2.76. The maximum absolute atomic E-state index is 12.8. The first kappa shape index (κ1) is 18.0. The number of amides is 2. The molecule has 0 radical (unpaired) electrons. The van der Waals surface area contributed by atoms with Gasteiger partial charge in [0.15, 0.2) is 0 Å². The summed E-state index contributed by atoms with van der Waals surface area (Å²) in [7, 11) is 0. The summed E-state index contributed by atoms with van der Waals surface area (Å²) in [6.45, 7) is 8.08. The molecule has 1 aromatic heterocycles. The number of carbonyl (C=O) groups is 2. The monoisotopic (exact) mass is 356 g/mol. The third kappa shape index (κ3) is 3.45. The molecule has 2 aromatic rings. The number of nitrogens with zero attached hydrogens (tertiary/aromatic N) is 2. The van der Waals surface area contributed by atoms with Gasteiger partial charge in [-0.3, -0.25) is 9.59 Å². The van der Waals surface area contributed by atoms with Crippen LogP contribution in [0.15, 0.2) is 34.9 Å². The van der Waals surface area contributed by atoms with Crippen LogP contribution in [-0.4, -0.2) is 54.4 Å². The minimum Gasteiger partial charge on any atom is -0.493 e. The molecule has 1 fully saturated rings. The van der Waals surface area contributed by atoms with Crippen LogP contribution in [0, 0.1) is 13.8 Å². The molecule has 0 saturated carbocycles. The number of ether oxygens (including phenoxy) is 1. The van der Waals surface area contributed by atoms with Gasteiger partial charge >= 0.3 is 0 Å². The number of rotatable bonds is 4. The first-order valence-electron chi connectivity index (χ1n) is 8.88. The molecule has 0 bridgehead atoms. The van der Waals surface area contributed by atoms with E-state index in [1.165, 1.54) is 0 Å². The quantitative estimate of drug-likeness (QED) is 0.845. The van der Waals surface area contributed by atoms with E-state index in [4.69, 9.17) is 9.15 Å². The smallest absolute Gasteiger partial charge is 0.257 e. The van der Waals surface area contributed by atoms with Crippen LogP contribution in [0.25, 0.3) is 0 Å². The number of hydrogen-bond acceptors (Lipinski definition) is 4. The summed E-state index contributed by atoms with van der Waals surface area (Å²) < 4.78 is 10.9. The van der Waals surface area contributed by atoms with Crippen molar-refractivity contribution in [1.82, 2.24) is 9.80 Å². The van der Waals surface area contributed by atoms with E-state index in [1.54, 1.807) is 35.1 Å². The normalized spacial score (nSPS) is 14.4. The van der Waals surface area contributed by atoms with Crippen molar-refractivity contribution in [2.45, 2.75) is 20.8 Å². The zero-order chi connectivity index (χ0) is 18.7. The summed E-state index contributed by atoms with van der Waals surface area (Å²) in [6.07, 6.45) is 1.60. The number of carbonyl (C=O) groups excluding carboxylic acids is 2. The number of aryl methyl sites for hydroxylation is 2. The van der Waals surface area contributed by atoms with E-state index in [0.717, 1.165) is 5.56 Å². The third-order valence-corrected chi connectivity index (χ3v) is 4.64. The van der Waals surface area contributed by atoms with Gasteiger partial charge in [-0.2, -0.15) is 0 Å². The Morgan fingerprint density at radius 3 is 2.23 bits per heavy atom. The average molecular weight is 356 g/mol. The van der Waals surface area contributed by atoms with Crippen molar-refractivity contribution in [1.29, 1.82) is 0 Å². The van der Waals surface area contributed by atoms with Crippen molar-refractivity contribution in [2.24, 2.45) is 0 Å². The lowest BCUT2D eigenvalue weighted by Gasteiger charge is -2.35. The molecule has 0 atom stereocenters. The molecule has 0 spiro atoms. The highest BCUT2D eigenvalue weighted by molar-refractivity contribution is 5.98. The summed E-state index contributed by atoms with van der Waals surface area (Å²) >= 11 is 0. The predicted octanol–water partition coefficient (Wildman–Crippen LogP) is 2.89. The largest absolute Gasteiger partial charge is 0.493 e. The van der Waals surface area contributed by atoms with Crippen LogP contribution in [0.3, 0.4) is 0 Å². The molecule has 1 aliphatic heterocycles. The number of piperazine rings is 1. The second kappa shape index (κ2) is 7.64. The lowest BCUT2D eigenvalue weighted by atomic mass is 10.1. The van der Waals surface area contributed by atoms with Crippen LogP contribution in [-0.2, 0) is 0 Å². The first-order chi connectivity index (χ1) is 12.5. The highest BCUT2D eigenvalue weighted by Crippen LogP contribution is 2.22. The van der Waals surface area contributed by atoms with Crippen molar-refractivity contribution < 1.29 is 18.7 Å². The van der Waals surface area contributed by atoms with Gasteiger partial charge in [-0.05, 0) is 32.9 Å². The molecule has 2 amide bonds. The highest BCUT2D eigenvalue weighted by Gasteiger charge is 2.28. The fourth-order valence-corrected chi connectivity index (χ4v) is 3.26. The second-order valence-electron chi connectivity index (χ2n) is 6.36. The Morgan fingerprint density at radius 1 is 1.04 bits per heavy atom. The van der Waals surface area contributed by atoms with Crippen molar-refractivity contribution in [3.63, 3.8) is 0 Å². The molecule has 1 aliphatic rings. The number of benzene rings is 1. The van der Waals surface area contributed by atoms with Gasteiger partial charge in [0.2, 0.25) is 0 Å². The van der Waals surface area contributed by atoms with Crippen molar-refractivity contribution in [3.05, 3.63) is 53.0 Å². The number of hydrogen-bond donors (Lipinski definition) is 0. The molecule has 1 saturated heterocycles. The molecule has 6 heteroatoms. The molecule has 0 N–H and O–H groups in total. The molecular formula is C20H24N2O4. The topological polar surface area (TPSA) is 63.0 Å². The summed E-state index contributed by atoms with van der Waals surface area (Å²) in [5.41, 5.74) is 2.04. The van der Waals surface area contributed by atoms with E-state index in [-0.39, 0.29) is 11.8 Å². The van der Waals surface area contributed by atoms with E-state index in [1.807, 2.05) is 26.0 Å². The second-order valence-corrected chi connectivity index (χ2v) is 6.36. The Balaban J connectivity index is 1.67. The average Bonchev–Trinajstić information content (AvgIpc) is 3.00. The van der Waals surface area contributed by atoms with Gasteiger partial charge in [0, 0.05) is 31.7 Å². The molecule has 26 heavy (non-hydrogen) atoms. The van der Waals surface area contributed by atoms with Crippen LogP contribution >= 0.6 is 0 Å². The number of para-hydroxylation sites is 1. The minimum atomic E-state index is -0.0585. The first-order valence-corrected chi connectivity index (χ1v) is 8.88. The maximum atomic E-state index is 12.8. The Morgan fingerprint density at radius 2 is 1.65 bits per heavy atom. The molecule has 3 rings (SSSR count). The summed E-state index contributed by atoms with van der Waals surface area (Å²) in [6, 6.07) is 7.28. The van der Waals surface area contributed by atoms with Crippen LogP contribution in [0.1, 0.15) is 39.0 Å². The van der Waals surface area contributed by atoms with Crippen LogP contribution in [0.4, 0.5) is 0 Å². The molecule has 0 unspecified atom stereocenters. The zero-order valence-electron chi connectivity index (χ0n) is 15.4. The van der Waals surface area contributed by atoms with Crippen molar-refractivity contribution in [3.8, 4) is 5.75 Å². The van der Waals surface area contributed by atoms with Gasteiger partial charge in [-0.1, -0.05) is 12.1 Å². The Bertz CT molecular complexity index is 784. The van der Waals surface area contributed by atoms with Crippen LogP contribution < -0.4 is 4.74 Å². The molecule has 2 heterocycles. The fourth-order valence-electron chi connectivity index (χ4n) is 3.26. The Labute approximate surface area is 153 Å². The maximum Gasteiger partial charge on any atom is 0.257 e. The lowest BCUT2D eigenvalue weighted by Crippen LogP contribution is -2.50. The lowest BCUT2D eigenvalue weighted by molar-refractivity contribution is 0.0531. The van der Waals surface area contributed by atoms with E-state index < -0.39 is 0 Å². The zero-order valence-corrected chi connectivity index (χ0v) is 15.4. The minimum absolute atomic E-state index is 0.0319. The standard InChI is InChI=1S/C20H24N2O4/c1-4-25-17-8-6-5-7-16(17)19(23)21-9-11-22(12-10-21)20(24)18-14(2)13-26-15(18)3/h5-8,13H,4,9-12H2,1-3H3. The van der Waals surface area contributed by atoms with Crippen LogP contribution in [0.5, 0.6) is 5.75 Å². The molecule has 0 aliphatic carbocycles. The highest BCUT2D eigenvalue weighted by atomic mass is 16.5.